The summed E-state index contributed by atoms with van der Waals surface area (Å²) in [6.07, 6.45) is 0. The van der Waals surface area contributed by atoms with Crippen molar-refractivity contribution in [2.24, 2.45) is 5.73 Å². The predicted octanol–water partition coefficient (Wildman–Crippen LogP) is 5.12. The highest BCUT2D eigenvalue weighted by atomic mass is 16.1. The van der Waals surface area contributed by atoms with E-state index in [-0.39, 0.29) is 11.9 Å². The van der Waals surface area contributed by atoms with Crippen molar-refractivity contribution in [3.05, 3.63) is 71.5 Å². The monoisotopic (exact) mass is 332 g/mol. The van der Waals surface area contributed by atoms with E-state index in [0.717, 1.165) is 28.1 Å². The molecule has 0 radical (unpaired) electrons. The number of carbonyl (C=O) groups is 1. The van der Waals surface area contributed by atoms with E-state index in [1.165, 1.54) is 5.56 Å². The van der Waals surface area contributed by atoms with Gasteiger partial charge in [-0.1, -0.05) is 54.6 Å². The number of rotatable bonds is 4. The lowest BCUT2D eigenvalue weighted by Gasteiger charge is -2.13. The number of nitrogens with zero attached hydrogens (tertiary/aromatic N) is 1. The molecule has 2 N–H and O–H groups in total. The third kappa shape index (κ3) is 2.98. The Labute approximate surface area is 149 Å². The molecule has 128 valence electrons. The maximum absolute atomic E-state index is 12.1. The Morgan fingerprint density at radius 2 is 1.36 bits per heavy atom. The minimum Gasteiger partial charge on any atom is -0.366 e. The highest BCUT2D eigenvalue weighted by molar-refractivity contribution is 6.02. The summed E-state index contributed by atoms with van der Waals surface area (Å²) in [7, 11) is 0. The van der Waals surface area contributed by atoms with E-state index in [1.54, 1.807) is 0 Å². The molecule has 25 heavy (non-hydrogen) atoms. The Morgan fingerprint density at radius 3 is 1.88 bits per heavy atom. The molecule has 0 aliphatic heterocycles. The zero-order valence-electron chi connectivity index (χ0n) is 15.2. The summed E-state index contributed by atoms with van der Waals surface area (Å²) in [5, 5.41) is 0. The zero-order chi connectivity index (χ0) is 18.1. The number of hydrogen-bond acceptors (Lipinski definition) is 1. The average Bonchev–Trinajstić information content (AvgIpc) is 2.86. The predicted molar refractivity (Wildman–Crippen MR) is 104 cm³/mol. The molecular formula is C22H24N2O. The van der Waals surface area contributed by atoms with E-state index < -0.39 is 0 Å². The lowest BCUT2D eigenvalue weighted by atomic mass is 9.97. The highest BCUT2D eigenvalue weighted by Gasteiger charge is 2.23. The van der Waals surface area contributed by atoms with Gasteiger partial charge >= 0.3 is 0 Å². The standard InChI is InChI=1S/C22H24N2O/c1-14(2)24-15(3)20(21(16(24)4)22(23)25)19-12-10-18(11-13-19)17-8-6-5-7-9-17/h5-14H,1-4H3,(H2,23,25). The number of carbonyl (C=O) groups excluding carboxylic acids is 1. The smallest absolute Gasteiger partial charge is 0.251 e. The normalized spacial score (nSPS) is 11.1. The van der Waals surface area contributed by atoms with Crippen LogP contribution in [-0.2, 0) is 0 Å². The van der Waals surface area contributed by atoms with Crippen molar-refractivity contribution in [3.8, 4) is 22.3 Å². The summed E-state index contributed by atoms with van der Waals surface area (Å²) < 4.78 is 2.18. The van der Waals surface area contributed by atoms with Gasteiger partial charge in [0, 0.05) is 23.0 Å². The molecule has 0 saturated carbocycles. The first-order chi connectivity index (χ1) is 11.9. The molecule has 1 heterocycles. The van der Waals surface area contributed by atoms with Crippen LogP contribution < -0.4 is 5.73 Å². The lowest BCUT2D eigenvalue weighted by Crippen LogP contribution is -2.14. The largest absolute Gasteiger partial charge is 0.366 e. The molecule has 2 aromatic carbocycles. The molecule has 3 rings (SSSR count). The van der Waals surface area contributed by atoms with Gasteiger partial charge in [-0.3, -0.25) is 4.79 Å². The first kappa shape index (κ1) is 17.0. The number of benzene rings is 2. The van der Waals surface area contributed by atoms with Crippen LogP contribution in [0.15, 0.2) is 54.6 Å². The number of nitrogens with two attached hydrogens (primary N) is 1. The summed E-state index contributed by atoms with van der Waals surface area (Å²) >= 11 is 0. The SMILES string of the molecule is Cc1c(C(N)=O)c(-c2ccc(-c3ccccc3)cc2)c(C)n1C(C)C. The molecule has 0 spiro atoms. The van der Waals surface area contributed by atoms with Crippen molar-refractivity contribution in [2.75, 3.05) is 0 Å². The third-order valence-electron chi connectivity index (χ3n) is 4.74. The maximum Gasteiger partial charge on any atom is 0.251 e. The molecule has 0 aliphatic carbocycles. The summed E-state index contributed by atoms with van der Waals surface area (Å²) in [6.45, 7) is 8.26. The Kier molecular flexibility index (Phi) is 4.49. The summed E-state index contributed by atoms with van der Waals surface area (Å²) in [6, 6.07) is 18.9. The molecule has 3 aromatic rings. The van der Waals surface area contributed by atoms with Crippen molar-refractivity contribution in [2.45, 2.75) is 33.7 Å². The van der Waals surface area contributed by atoms with Gasteiger partial charge in [0.25, 0.3) is 5.91 Å². The minimum atomic E-state index is -0.373. The third-order valence-corrected chi connectivity index (χ3v) is 4.74. The molecule has 0 aliphatic rings. The van der Waals surface area contributed by atoms with Crippen LogP contribution in [0.3, 0.4) is 0 Å². The van der Waals surface area contributed by atoms with Crippen LogP contribution in [0.5, 0.6) is 0 Å². The molecule has 1 amide bonds. The van der Waals surface area contributed by atoms with Crippen LogP contribution in [0.25, 0.3) is 22.3 Å². The van der Waals surface area contributed by atoms with Crippen LogP contribution >= 0.6 is 0 Å². The second-order valence-corrected chi connectivity index (χ2v) is 6.69. The second-order valence-electron chi connectivity index (χ2n) is 6.69. The molecule has 0 unspecified atom stereocenters. The van der Waals surface area contributed by atoms with E-state index in [2.05, 4.69) is 61.7 Å². The van der Waals surface area contributed by atoms with Gasteiger partial charge in [-0.2, -0.15) is 0 Å². The van der Waals surface area contributed by atoms with Crippen molar-refractivity contribution in [1.29, 1.82) is 0 Å². The Bertz CT molecular complexity index is 903. The van der Waals surface area contributed by atoms with Gasteiger partial charge in [0.15, 0.2) is 0 Å². The fourth-order valence-electron chi connectivity index (χ4n) is 3.74. The Hall–Kier alpha value is -2.81. The van der Waals surface area contributed by atoms with Gasteiger partial charge < -0.3 is 10.3 Å². The van der Waals surface area contributed by atoms with Gasteiger partial charge in [0.2, 0.25) is 0 Å². The first-order valence-corrected chi connectivity index (χ1v) is 8.58. The van der Waals surface area contributed by atoms with E-state index in [9.17, 15) is 4.79 Å². The maximum atomic E-state index is 12.1. The summed E-state index contributed by atoms with van der Waals surface area (Å²) in [4.78, 5) is 12.1. The van der Waals surface area contributed by atoms with Gasteiger partial charge in [-0.05, 0) is 44.4 Å². The van der Waals surface area contributed by atoms with Crippen LogP contribution in [0.2, 0.25) is 0 Å². The molecular weight excluding hydrogens is 308 g/mol. The molecule has 3 nitrogen and oxygen atoms in total. The number of hydrogen-bond donors (Lipinski definition) is 1. The van der Waals surface area contributed by atoms with Crippen LogP contribution in [-0.4, -0.2) is 10.5 Å². The fourth-order valence-corrected chi connectivity index (χ4v) is 3.74. The van der Waals surface area contributed by atoms with Crippen LogP contribution in [0, 0.1) is 13.8 Å². The molecule has 3 heteroatoms. The fraction of sp³-hybridized carbons (Fsp3) is 0.227. The van der Waals surface area contributed by atoms with E-state index in [4.69, 9.17) is 5.73 Å². The Morgan fingerprint density at radius 1 is 0.840 bits per heavy atom. The van der Waals surface area contributed by atoms with E-state index in [0.29, 0.717) is 5.56 Å². The zero-order valence-corrected chi connectivity index (χ0v) is 15.2. The quantitative estimate of drug-likeness (QED) is 0.708. The molecule has 0 fully saturated rings. The van der Waals surface area contributed by atoms with Gasteiger partial charge in [0.1, 0.15) is 0 Å². The van der Waals surface area contributed by atoms with E-state index in [1.807, 2.05) is 25.1 Å². The summed E-state index contributed by atoms with van der Waals surface area (Å²) in [5.74, 6) is -0.373. The van der Waals surface area contributed by atoms with Crippen molar-refractivity contribution >= 4 is 5.91 Å². The second kappa shape index (κ2) is 6.60. The number of amides is 1. The van der Waals surface area contributed by atoms with Crippen molar-refractivity contribution in [3.63, 3.8) is 0 Å². The summed E-state index contributed by atoms with van der Waals surface area (Å²) in [5.41, 5.74) is 12.6. The highest BCUT2D eigenvalue weighted by Crippen LogP contribution is 2.35. The van der Waals surface area contributed by atoms with E-state index >= 15 is 0 Å². The number of aromatic nitrogens is 1. The van der Waals surface area contributed by atoms with Crippen LogP contribution in [0.1, 0.15) is 41.6 Å². The molecule has 1 aromatic heterocycles. The molecule has 0 saturated heterocycles. The first-order valence-electron chi connectivity index (χ1n) is 8.58. The topological polar surface area (TPSA) is 48.0 Å². The van der Waals surface area contributed by atoms with Crippen molar-refractivity contribution in [1.82, 2.24) is 4.57 Å². The minimum absolute atomic E-state index is 0.274. The van der Waals surface area contributed by atoms with Gasteiger partial charge in [0.05, 0.1) is 5.56 Å². The average molecular weight is 332 g/mol. The van der Waals surface area contributed by atoms with Gasteiger partial charge in [-0.15, -0.1) is 0 Å². The lowest BCUT2D eigenvalue weighted by molar-refractivity contribution is 0.1000. The molecule has 0 atom stereocenters. The van der Waals surface area contributed by atoms with Crippen molar-refractivity contribution < 1.29 is 4.79 Å². The number of primary amides is 1. The Balaban J connectivity index is 2.14. The molecule has 0 bridgehead atoms. The van der Waals surface area contributed by atoms with Crippen LogP contribution in [0.4, 0.5) is 0 Å². The van der Waals surface area contributed by atoms with Gasteiger partial charge in [-0.25, -0.2) is 0 Å².